The van der Waals surface area contributed by atoms with E-state index in [1.54, 1.807) is 0 Å². The number of carbonyl (C=O) groups excluding carboxylic acids is 9. The van der Waals surface area contributed by atoms with Crippen LogP contribution in [0.2, 0.25) is 0 Å². The van der Waals surface area contributed by atoms with Gasteiger partial charge < -0.3 is 165 Å². The number of hydrogen-bond donors (Lipinski definition) is 16. The van der Waals surface area contributed by atoms with Crippen molar-refractivity contribution in [2.24, 2.45) is 20.6 Å². The summed E-state index contributed by atoms with van der Waals surface area (Å²) in [4.78, 5) is 138. The Bertz CT molecular complexity index is 2200. The van der Waals surface area contributed by atoms with Crippen molar-refractivity contribution in [1.29, 1.82) is 0 Å². The van der Waals surface area contributed by atoms with Crippen LogP contribution in [0.25, 0.3) is 0 Å². The second-order valence-corrected chi connectivity index (χ2v) is 20.9. The third-order valence-corrected chi connectivity index (χ3v) is 13.1. The van der Waals surface area contributed by atoms with Crippen molar-refractivity contribution in [3.8, 4) is 0 Å². The largest absolute Gasteiger partial charge is 3.00 e. The van der Waals surface area contributed by atoms with E-state index in [0.717, 1.165) is 49.4 Å². The predicted molar refractivity (Wildman–Crippen MR) is 322 cm³/mol. The molecule has 0 aromatic heterocycles. The number of carboxylic acids is 3. The molecule has 1 radical (unpaired) electrons. The third-order valence-electron chi connectivity index (χ3n) is 13.1. The van der Waals surface area contributed by atoms with Crippen LogP contribution >= 0.6 is 0 Å². The molecule has 0 rings (SSSR count). The normalized spacial score (nSPS) is 15.2. The number of ether oxygens (including phenoxy) is 4. The Hall–Kier alpha value is -6.37. The van der Waals surface area contributed by atoms with E-state index in [1.807, 2.05) is 0 Å². The SMILES string of the molecule is O.O=C([O-])CN(CCN(CC(=O)[O-])CC(=O)N(CCOC(=O)CO/N=C/C[C@@H](O)[C@@H](O)[C@H](O)CO)CCOC(=O)CO/N=C/C[C@@H](O)[C@@H](O)[C@H](O)CO)CCN(CC(=O)[O-])CC(=O)N(CCOC(=O)CO/N=C/C[C@@H](O)[C@@H](O)[C@H](O)CO)CCOC(=O)CO/N=C/C[C@@H](O)[C@@H](O)[C@H](O)CO.[Gd+3]. The molecule has 101 heavy (non-hydrogen) atoms. The molecule has 0 saturated carbocycles. The van der Waals surface area contributed by atoms with E-state index < -0.39 is 317 Å². The monoisotopic (exact) mass is 1620 g/mol. The van der Waals surface area contributed by atoms with Crippen molar-refractivity contribution in [2.75, 3.05) is 164 Å². The van der Waals surface area contributed by atoms with Crippen molar-refractivity contribution < 1.29 is 224 Å². The molecule has 0 heterocycles. The topological polar surface area (TPSA) is 717 Å². The Balaban J connectivity index is -0.0000480. The van der Waals surface area contributed by atoms with Crippen molar-refractivity contribution in [1.82, 2.24) is 24.5 Å². The summed E-state index contributed by atoms with van der Waals surface area (Å²) in [6.45, 7) is -17.5. The third kappa shape index (κ3) is 48.3. The summed E-state index contributed by atoms with van der Waals surface area (Å²) in [7, 11) is 0. The van der Waals surface area contributed by atoms with Gasteiger partial charge in [0.1, 0.15) is 75.3 Å². The van der Waals surface area contributed by atoms with E-state index in [1.165, 1.54) is 0 Å². The molecule has 0 unspecified atom stereocenters. The van der Waals surface area contributed by atoms with E-state index in [2.05, 4.69) is 20.6 Å². The quantitative estimate of drug-likeness (QED) is 0.0116. The van der Waals surface area contributed by atoms with Crippen molar-refractivity contribution in [3.63, 3.8) is 0 Å². The Morgan fingerprint density at radius 2 is 0.535 bits per heavy atom. The minimum absolute atomic E-state index is 0. The minimum atomic E-state index is -1.76. The molecule has 0 bridgehead atoms. The van der Waals surface area contributed by atoms with Crippen LogP contribution in [0.1, 0.15) is 25.7 Å². The van der Waals surface area contributed by atoms with Crippen molar-refractivity contribution in [2.45, 2.75) is 98.9 Å². The van der Waals surface area contributed by atoms with Crippen LogP contribution in [-0.2, 0) is 81.4 Å². The van der Waals surface area contributed by atoms with E-state index in [-0.39, 0.29) is 45.4 Å². The van der Waals surface area contributed by atoms with E-state index in [4.69, 9.17) is 58.7 Å². The molecule has 18 N–H and O–H groups in total. The van der Waals surface area contributed by atoms with Gasteiger partial charge in [0.15, 0.2) is 0 Å². The molecule has 2 amide bonds. The van der Waals surface area contributed by atoms with Crippen LogP contribution in [0.15, 0.2) is 20.6 Å². The minimum Gasteiger partial charge on any atom is -0.549 e. The van der Waals surface area contributed by atoms with E-state index >= 15 is 0 Å². The van der Waals surface area contributed by atoms with E-state index in [9.17, 15) is 120 Å². The average Bonchev–Trinajstić information content (AvgIpc) is 1.21. The molecule has 46 nitrogen and oxygen atoms in total. The van der Waals surface area contributed by atoms with Crippen LogP contribution in [0.3, 0.4) is 0 Å². The molecule has 0 spiro atoms. The zero-order chi connectivity index (χ0) is 74.8. The van der Waals surface area contributed by atoms with Crippen molar-refractivity contribution >= 4 is 78.5 Å². The molecular weight excluding hydrogens is 1520 g/mol. The first-order valence-electron chi connectivity index (χ1n) is 30.0. The van der Waals surface area contributed by atoms with Crippen LogP contribution in [0.4, 0.5) is 0 Å². The smallest absolute Gasteiger partial charge is 0.549 e. The second kappa shape index (κ2) is 59.1. The number of nitrogens with zero attached hydrogens (tertiary/aromatic N) is 9. The molecule has 0 aliphatic carbocycles. The number of hydrogen-bond acceptors (Lipinski definition) is 43. The standard InChI is InChI=1S/C54H93N9O36.Gd.H2O/c64-26-38(72)51(88)34(68)1-5-55-96-30-47(84)92-17-13-62(14-18-93-48(85)31-97-56-6-2-35(69)52(89)39(73)27-65)42(76)21-60(24-45(80)81)11-9-59(23-44(78)79)10-12-61(25-46(82)83)22-43(77)63(15-19-94-49(86)32-98-57-7-3-36(70)53(90)40(74)28-66)16-20-95-50(87)33-99-58-8-4-37(71)54(91)41(75)29-67;;/h5-8,34-41,51-54,64-75,88-91H,1-4,9-33H2,(H,78,79)(H,80,81)(H,82,83);;1H2/q;+3;/p-3/b55-5+,56-6+,57-7+,58-8+;;/t34-,35-,36-,37-,38-,39-,40-,41-,51-,52-,53-,54-;;/m1../s1. The first-order valence-corrected chi connectivity index (χ1v) is 30.0. The van der Waals surface area contributed by atoms with Gasteiger partial charge in [-0.1, -0.05) is 20.6 Å². The first kappa shape index (κ1) is 98.8. The number of aliphatic carboxylic acids is 3. The number of oxime groups is 4. The van der Waals surface area contributed by atoms with Crippen molar-refractivity contribution in [3.05, 3.63) is 0 Å². The first-order chi connectivity index (χ1) is 46.9. The summed E-state index contributed by atoms with van der Waals surface area (Å²) < 4.78 is 20.3. The van der Waals surface area contributed by atoms with Gasteiger partial charge in [-0.3, -0.25) is 24.3 Å². The molecular formula is C54H92GdN9O37. The van der Waals surface area contributed by atoms with Crippen LogP contribution in [-0.4, -0.2) is 428 Å². The zero-order valence-electron chi connectivity index (χ0n) is 54.4. The van der Waals surface area contributed by atoms with Gasteiger partial charge in [0.05, 0.1) is 108 Å². The van der Waals surface area contributed by atoms with Gasteiger partial charge in [-0.15, -0.1) is 0 Å². The summed E-state index contributed by atoms with van der Waals surface area (Å²) in [6, 6.07) is 0. The zero-order valence-corrected chi connectivity index (χ0v) is 56.7. The van der Waals surface area contributed by atoms with Gasteiger partial charge in [-0.05, 0) is 0 Å². The Labute approximate surface area is 607 Å². The molecule has 0 aromatic carbocycles. The molecule has 47 heteroatoms. The number of aliphatic hydroxyl groups excluding tert-OH is 16. The fourth-order valence-corrected chi connectivity index (χ4v) is 7.55. The molecule has 0 aliphatic rings. The fraction of sp³-hybridized carbons (Fsp3) is 0.759. The molecule has 12 atom stereocenters. The molecule has 0 aromatic rings. The number of aliphatic hydroxyl groups is 16. The van der Waals surface area contributed by atoms with Crippen LogP contribution in [0, 0.1) is 39.9 Å². The Morgan fingerprint density at radius 3 is 0.743 bits per heavy atom. The van der Waals surface area contributed by atoms with Crippen LogP contribution in [0.5, 0.6) is 0 Å². The fourth-order valence-electron chi connectivity index (χ4n) is 7.55. The summed E-state index contributed by atoms with van der Waals surface area (Å²) in [5.41, 5.74) is 0. The number of rotatable bonds is 60. The van der Waals surface area contributed by atoms with Gasteiger partial charge in [0.25, 0.3) is 0 Å². The van der Waals surface area contributed by atoms with Gasteiger partial charge in [0.2, 0.25) is 38.2 Å². The number of carbonyl (C=O) groups is 9. The maximum absolute atomic E-state index is 13.9. The van der Waals surface area contributed by atoms with Gasteiger partial charge >= 0.3 is 63.8 Å². The van der Waals surface area contributed by atoms with Gasteiger partial charge in [-0.25, -0.2) is 19.2 Å². The number of esters is 4. The van der Waals surface area contributed by atoms with E-state index in [0.29, 0.717) is 0 Å². The predicted octanol–water partition coefficient (Wildman–Crippen LogP) is -18.0. The Kier molecular flexibility index (Phi) is 57.8. The summed E-state index contributed by atoms with van der Waals surface area (Å²) in [5.74, 6) is -11.4. The molecule has 0 fully saturated rings. The van der Waals surface area contributed by atoms with Crippen LogP contribution < -0.4 is 15.3 Å². The summed E-state index contributed by atoms with van der Waals surface area (Å²) in [5, 5.41) is 202. The number of carboxylic acid groups (broad SMARTS) is 3. The maximum Gasteiger partial charge on any atom is 3.00 e. The molecule has 0 saturated heterocycles. The summed E-state index contributed by atoms with van der Waals surface area (Å²) >= 11 is 0. The van der Waals surface area contributed by atoms with Gasteiger partial charge in [-0.2, -0.15) is 0 Å². The molecule has 0 aliphatic heterocycles. The number of amides is 2. The molecule has 583 valence electrons. The summed E-state index contributed by atoms with van der Waals surface area (Å²) in [6.07, 6.45) is -18.0. The maximum atomic E-state index is 13.9. The van der Waals surface area contributed by atoms with Gasteiger partial charge in [0, 0.05) is 96.4 Å². The average molecular weight is 1620 g/mol. The Morgan fingerprint density at radius 1 is 0.327 bits per heavy atom. The second-order valence-electron chi connectivity index (χ2n) is 20.9.